The second-order valence-corrected chi connectivity index (χ2v) is 10.4. The molecule has 4 rings (SSSR count). The molecule has 0 aliphatic heterocycles. The minimum atomic E-state index is -2.99. The van der Waals surface area contributed by atoms with Gasteiger partial charge in [-0.25, -0.2) is 4.98 Å². The number of hydrogen-bond acceptors (Lipinski definition) is 9. The van der Waals surface area contributed by atoms with Crippen LogP contribution < -0.4 is 5.32 Å². The van der Waals surface area contributed by atoms with Crippen LogP contribution in [0.2, 0.25) is 0 Å². The molecule has 0 amide bonds. The number of pyridine rings is 1. The fraction of sp³-hybridized carbons (Fsp3) is 0.261. The Kier molecular flexibility index (Phi) is 6.52. The summed E-state index contributed by atoms with van der Waals surface area (Å²) >= 11 is 0. The van der Waals surface area contributed by atoms with Gasteiger partial charge in [0.25, 0.3) is 0 Å². The van der Waals surface area contributed by atoms with E-state index in [1.165, 1.54) is 12.4 Å². The maximum atomic E-state index is 10.3. The molecule has 0 saturated heterocycles. The van der Waals surface area contributed by atoms with Gasteiger partial charge in [-0.2, -0.15) is 0 Å². The first kappa shape index (κ1) is 23.0. The molecule has 172 valence electrons. The summed E-state index contributed by atoms with van der Waals surface area (Å²) in [6, 6.07) is 9.79. The minimum Gasteiger partial charge on any atom is -0.416 e. The van der Waals surface area contributed by atoms with Gasteiger partial charge in [-0.05, 0) is 51.6 Å². The van der Waals surface area contributed by atoms with Crippen molar-refractivity contribution >= 4 is 10.6 Å². The van der Waals surface area contributed by atoms with Crippen LogP contribution in [0.3, 0.4) is 0 Å². The Morgan fingerprint density at radius 2 is 1.67 bits per heavy atom. The molecule has 0 atom stereocenters. The fourth-order valence-corrected chi connectivity index (χ4v) is 4.07. The zero-order valence-corrected chi connectivity index (χ0v) is 19.7. The molecule has 0 radical (unpaired) electrons. The second-order valence-electron chi connectivity index (χ2n) is 7.88. The van der Waals surface area contributed by atoms with Gasteiger partial charge in [-0.3, -0.25) is 19.1 Å². The van der Waals surface area contributed by atoms with Crippen LogP contribution in [-0.4, -0.2) is 46.6 Å². The third-order valence-corrected chi connectivity index (χ3v) is 7.35. The highest BCUT2D eigenvalue weighted by atomic mass is 32.3. The summed E-state index contributed by atoms with van der Waals surface area (Å²) in [4.78, 5) is 13.0. The Labute approximate surface area is 193 Å². The van der Waals surface area contributed by atoms with E-state index in [0.717, 1.165) is 23.4 Å². The maximum Gasteiger partial charge on any atom is 0.250 e. The summed E-state index contributed by atoms with van der Waals surface area (Å²) in [7, 11) is -1.08. The number of nitrogens with zero attached hydrogens (tertiary/aromatic N) is 5. The number of aromatic nitrogens is 5. The van der Waals surface area contributed by atoms with Crippen LogP contribution in [0.5, 0.6) is 0 Å². The van der Waals surface area contributed by atoms with E-state index in [1.807, 2.05) is 44.3 Å². The second kappa shape index (κ2) is 9.36. The summed E-state index contributed by atoms with van der Waals surface area (Å²) in [6.45, 7) is 6.11. The largest absolute Gasteiger partial charge is 0.416 e. The van der Waals surface area contributed by atoms with Gasteiger partial charge in [-0.15, -0.1) is 20.8 Å². The van der Waals surface area contributed by atoms with E-state index in [-0.39, 0.29) is 10.3 Å². The predicted molar refractivity (Wildman–Crippen MR) is 128 cm³/mol. The summed E-state index contributed by atoms with van der Waals surface area (Å²) in [5.74, 6) is 0.781. The van der Waals surface area contributed by atoms with Crippen molar-refractivity contribution in [3.05, 3.63) is 60.2 Å². The SMILES string of the molecule is CNCc1ccc(-c2nnc(-c3cc(-c4cnc(S(O)(O)C(C)C)cn4)cnc3C)o2)cc1. The highest BCUT2D eigenvalue weighted by molar-refractivity contribution is 8.24. The Hall–Kier alpha value is -3.18. The van der Waals surface area contributed by atoms with Gasteiger partial charge in [0.2, 0.25) is 11.8 Å². The third-order valence-electron chi connectivity index (χ3n) is 5.21. The average molecular weight is 467 g/mol. The minimum absolute atomic E-state index is 0.170. The van der Waals surface area contributed by atoms with Gasteiger partial charge in [0.15, 0.2) is 5.03 Å². The zero-order chi connectivity index (χ0) is 23.6. The number of benzene rings is 1. The average Bonchev–Trinajstić information content (AvgIpc) is 3.30. The molecular weight excluding hydrogens is 440 g/mol. The molecule has 3 N–H and O–H groups in total. The lowest BCUT2D eigenvalue weighted by Gasteiger charge is -2.34. The summed E-state index contributed by atoms with van der Waals surface area (Å²) in [5, 5.41) is 11.3. The lowest BCUT2D eigenvalue weighted by atomic mass is 10.1. The first-order valence-electron chi connectivity index (χ1n) is 10.4. The molecular formula is C23H26N6O3S. The van der Waals surface area contributed by atoms with E-state index in [2.05, 4.69) is 30.5 Å². The molecule has 4 aromatic rings. The zero-order valence-electron chi connectivity index (χ0n) is 18.9. The molecule has 0 aliphatic rings. The van der Waals surface area contributed by atoms with E-state index >= 15 is 0 Å². The van der Waals surface area contributed by atoms with Gasteiger partial charge in [0, 0.05) is 34.8 Å². The Balaban J connectivity index is 1.62. The molecule has 3 aromatic heterocycles. The van der Waals surface area contributed by atoms with Crippen LogP contribution in [0.15, 0.2) is 58.4 Å². The molecule has 0 fully saturated rings. The smallest absolute Gasteiger partial charge is 0.250 e. The molecule has 3 heterocycles. The summed E-state index contributed by atoms with van der Waals surface area (Å²) in [6.07, 6.45) is 4.58. The quantitative estimate of drug-likeness (QED) is 0.351. The van der Waals surface area contributed by atoms with Crippen LogP contribution in [0.4, 0.5) is 0 Å². The lowest BCUT2D eigenvalue weighted by molar-refractivity contribution is 0.471. The van der Waals surface area contributed by atoms with Crippen LogP contribution in [-0.2, 0) is 6.54 Å². The first-order valence-corrected chi connectivity index (χ1v) is 12.0. The van der Waals surface area contributed by atoms with E-state index in [0.29, 0.717) is 28.6 Å². The normalized spacial score (nSPS) is 12.3. The van der Waals surface area contributed by atoms with Crippen LogP contribution in [0.25, 0.3) is 34.2 Å². The Morgan fingerprint density at radius 1 is 0.939 bits per heavy atom. The van der Waals surface area contributed by atoms with E-state index < -0.39 is 10.6 Å². The topological polar surface area (TPSA) is 130 Å². The van der Waals surface area contributed by atoms with Crippen molar-refractivity contribution in [1.29, 1.82) is 0 Å². The van der Waals surface area contributed by atoms with Crippen LogP contribution in [0, 0.1) is 6.92 Å². The highest BCUT2D eigenvalue weighted by Crippen LogP contribution is 2.50. The van der Waals surface area contributed by atoms with Crippen molar-refractivity contribution in [3.8, 4) is 34.2 Å². The van der Waals surface area contributed by atoms with Crippen molar-refractivity contribution in [3.63, 3.8) is 0 Å². The van der Waals surface area contributed by atoms with Crippen molar-refractivity contribution < 1.29 is 13.5 Å². The van der Waals surface area contributed by atoms with Crippen molar-refractivity contribution in [2.45, 2.75) is 37.6 Å². The van der Waals surface area contributed by atoms with Gasteiger partial charge < -0.3 is 9.73 Å². The van der Waals surface area contributed by atoms with Crippen molar-refractivity contribution in [2.75, 3.05) is 7.05 Å². The van der Waals surface area contributed by atoms with Crippen LogP contribution in [0.1, 0.15) is 25.1 Å². The van der Waals surface area contributed by atoms with E-state index in [9.17, 15) is 9.11 Å². The fourth-order valence-electron chi connectivity index (χ4n) is 3.17. The maximum absolute atomic E-state index is 10.3. The molecule has 0 unspecified atom stereocenters. The number of aryl methyl sites for hydroxylation is 1. The standard InChI is InChI=1S/C23H26N6O3S/c1-14(2)33(30,31)21-13-26-20(12-27-21)18-9-19(15(3)25-11-18)23-29-28-22(32-23)17-7-5-16(6-8-17)10-24-4/h5-9,11-14,24,30-31H,10H2,1-4H3. The number of nitrogens with one attached hydrogen (secondary N) is 1. The van der Waals surface area contributed by atoms with Gasteiger partial charge in [-0.1, -0.05) is 12.1 Å². The molecule has 0 bridgehead atoms. The lowest BCUT2D eigenvalue weighted by Crippen LogP contribution is -2.12. The number of rotatable bonds is 7. The molecule has 10 heteroatoms. The molecule has 33 heavy (non-hydrogen) atoms. The van der Waals surface area contributed by atoms with Crippen molar-refractivity contribution in [2.24, 2.45) is 0 Å². The Bertz CT molecular complexity index is 1240. The summed E-state index contributed by atoms with van der Waals surface area (Å²) < 4.78 is 26.5. The third kappa shape index (κ3) is 4.79. The monoisotopic (exact) mass is 466 g/mol. The summed E-state index contributed by atoms with van der Waals surface area (Å²) in [5.41, 5.74) is 4.67. The highest BCUT2D eigenvalue weighted by Gasteiger charge is 2.22. The van der Waals surface area contributed by atoms with E-state index in [1.54, 1.807) is 20.0 Å². The van der Waals surface area contributed by atoms with Gasteiger partial charge in [0.05, 0.1) is 23.7 Å². The number of hydrogen-bond donors (Lipinski definition) is 3. The Morgan fingerprint density at radius 3 is 2.30 bits per heavy atom. The molecule has 0 saturated carbocycles. The van der Waals surface area contributed by atoms with Crippen molar-refractivity contribution in [1.82, 2.24) is 30.5 Å². The van der Waals surface area contributed by atoms with Crippen LogP contribution >= 0.6 is 10.6 Å². The molecule has 0 aliphatic carbocycles. The molecule has 0 spiro atoms. The predicted octanol–water partition coefficient (Wildman–Crippen LogP) is 4.80. The van der Waals surface area contributed by atoms with Gasteiger partial charge >= 0.3 is 0 Å². The molecule has 9 nitrogen and oxygen atoms in total. The van der Waals surface area contributed by atoms with Gasteiger partial charge in [0.1, 0.15) is 0 Å². The van der Waals surface area contributed by atoms with E-state index in [4.69, 9.17) is 4.42 Å². The molecule has 1 aromatic carbocycles. The first-order chi connectivity index (χ1) is 15.8.